The van der Waals surface area contributed by atoms with Gasteiger partial charge in [-0.15, -0.1) is 0 Å². The van der Waals surface area contributed by atoms with E-state index in [1.165, 1.54) is 23.1 Å². The van der Waals surface area contributed by atoms with Crippen molar-refractivity contribution in [2.24, 2.45) is 5.92 Å². The Kier molecular flexibility index (Phi) is 5.04. The summed E-state index contributed by atoms with van der Waals surface area (Å²) >= 11 is 1.64. The van der Waals surface area contributed by atoms with E-state index < -0.39 is 0 Å². The molecule has 1 atom stereocenters. The second-order valence-corrected chi connectivity index (χ2v) is 8.19. The largest absolute Gasteiger partial charge is 0.376 e. The van der Waals surface area contributed by atoms with Crippen LogP contribution in [0.2, 0.25) is 0 Å². The number of ether oxygens (including phenoxy) is 1. The minimum atomic E-state index is 0.156. The van der Waals surface area contributed by atoms with E-state index in [1.807, 2.05) is 4.90 Å². The van der Waals surface area contributed by atoms with E-state index >= 15 is 0 Å². The van der Waals surface area contributed by atoms with Gasteiger partial charge in [0.2, 0.25) is 5.91 Å². The average Bonchev–Trinajstić information content (AvgIpc) is 3.39. The van der Waals surface area contributed by atoms with Gasteiger partial charge >= 0.3 is 0 Å². The van der Waals surface area contributed by atoms with Gasteiger partial charge in [0.05, 0.1) is 22.9 Å². The fourth-order valence-corrected chi connectivity index (χ4v) is 5.07. The maximum absolute atomic E-state index is 13.2. The monoisotopic (exact) mass is 358 g/mol. The normalized spacial score (nSPS) is 21.2. The van der Waals surface area contributed by atoms with Crippen LogP contribution in [0.4, 0.5) is 5.13 Å². The van der Waals surface area contributed by atoms with Crippen molar-refractivity contribution in [1.29, 1.82) is 0 Å². The summed E-state index contributed by atoms with van der Waals surface area (Å²) in [5.74, 6) is 0.421. The molecule has 25 heavy (non-hydrogen) atoms. The molecule has 0 radical (unpaired) electrons. The van der Waals surface area contributed by atoms with Crippen molar-refractivity contribution in [2.45, 2.75) is 58.0 Å². The number of hydrogen-bond donors (Lipinski definition) is 0. The zero-order valence-electron chi connectivity index (χ0n) is 14.9. The lowest BCUT2D eigenvalue weighted by Crippen LogP contribution is -2.40. The fraction of sp³-hybridized carbons (Fsp3) is 0.600. The molecule has 1 amide bonds. The predicted molar refractivity (Wildman–Crippen MR) is 102 cm³/mol. The molecule has 1 saturated carbocycles. The number of anilines is 1. The molecule has 1 aromatic heterocycles. The van der Waals surface area contributed by atoms with Gasteiger partial charge in [-0.3, -0.25) is 9.69 Å². The molecule has 4 nitrogen and oxygen atoms in total. The Morgan fingerprint density at radius 3 is 2.84 bits per heavy atom. The van der Waals surface area contributed by atoms with Crippen LogP contribution in [0.1, 0.15) is 51.0 Å². The van der Waals surface area contributed by atoms with E-state index in [-0.39, 0.29) is 17.9 Å². The third-order valence-corrected chi connectivity index (χ3v) is 6.53. The second kappa shape index (κ2) is 7.42. The summed E-state index contributed by atoms with van der Waals surface area (Å²) in [5.41, 5.74) is 2.31. The number of rotatable bonds is 5. The van der Waals surface area contributed by atoms with Crippen LogP contribution < -0.4 is 4.90 Å². The van der Waals surface area contributed by atoms with Crippen LogP contribution in [0, 0.1) is 5.92 Å². The first-order valence-electron chi connectivity index (χ1n) is 9.57. The average molecular weight is 359 g/mol. The Morgan fingerprint density at radius 2 is 2.12 bits per heavy atom. The minimum Gasteiger partial charge on any atom is -0.376 e. The molecule has 2 aliphatic rings. The molecule has 2 fully saturated rings. The van der Waals surface area contributed by atoms with Crippen molar-refractivity contribution in [1.82, 2.24) is 4.98 Å². The molecule has 134 valence electrons. The maximum atomic E-state index is 13.2. The standard InChI is InChI=1S/C20H26N2O2S/c1-2-14-9-5-11-17-18(14)21-20(25-17)22(13-16-10-6-12-24-16)19(23)15-7-3-4-8-15/h5,9,11,15-16H,2-4,6-8,10,12-13H2,1H3/t16-/m1/s1. The summed E-state index contributed by atoms with van der Waals surface area (Å²) in [6, 6.07) is 6.33. The van der Waals surface area contributed by atoms with Gasteiger partial charge in [-0.25, -0.2) is 4.98 Å². The number of aromatic nitrogens is 1. The Bertz CT molecular complexity index is 745. The van der Waals surface area contributed by atoms with E-state index in [0.29, 0.717) is 6.54 Å². The number of hydrogen-bond acceptors (Lipinski definition) is 4. The molecule has 2 heterocycles. The van der Waals surface area contributed by atoms with Crippen molar-refractivity contribution < 1.29 is 9.53 Å². The summed E-state index contributed by atoms with van der Waals surface area (Å²) in [6.07, 6.45) is 7.63. The van der Waals surface area contributed by atoms with Gasteiger partial charge in [-0.2, -0.15) is 0 Å². The van der Waals surface area contributed by atoms with Crippen LogP contribution in [0.3, 0.4) is 0 Å². The molecule has 5 heteroatoms. The molecule has 1 aliphatic heterocycles. The highest BCUT2D eigenvalue weighted by Gasteiger charge is 2.32. The van der Waals surface area contributed by atoms with Crippen molar-refractivity contribution >= 4 is 32.6 Å². The highest BCUT2D eigenvalue weighted by atomic mass is 32.1. The number of aryl methyl sites for hydroxylation is 1. The van der Waals surface area contributed by atoms with Gasteiger partial charge in [-0.05, 0) is 43.7 Å². The number of nitrogens with zero attached hydrogens (tertiary/aromatic N) is 2. The lowest BCUT2D eigenvalue weighted by atomic mass is 10.1. The van der Waals surface area contributed by atoms with Crippen molar-refractivity contribution in [3.63, 3.8) is 0 Å². The lowest BCUT2D eigenvalue weighted by molar-refractivity contribution is -0.122. The molecule has 1 saturated heterocycles. The maximum Gasteiger partial charge on any atom is 0.231 e. The number of amides is 1. The molecule has 0 bridgehead atoms. The zero-order chi connectivity index (χ0) is 17.2. The second-order valence-electron chi connectivity index (χ2n) is 7.18. The van der Waals surface area contributed by atoms with Crippen LogP contribution in [-0.2, 0) is 16.0 Å². The number of benzene rings is 1. The van der Waals surface area contributed by atoms with E-state index in [2.05, 4.69) is 25.1 Å². The van der Waals surface area contributed by atoms with Gasteiger partial charge in [0.1, 0.15) is 0 Å². The Labute approximate surface area is 153 Å². The number of fused-ring (bicyclic) bond motifs is 1. The van der Waals surface area contributed by atoms with Crippen molar-refractivity contribution in [3.8, 4) is 0 Å². The molecular weight excluding hydrogens is 332 g/mol. The highest BCUT2D eigenvalue weighted by molar-refractivity contribution is 7.22. The van der Waals surface area contributed by atoms with Crippen molar-refractivity contribution in [2.75, 3.05) is 18.1 Å². The molecule has 0 spiro atoms. The van der Waals surface area contributed by atoms with Crippen LogP contribution in [0.5, 0.6) is 0 Å². The summed E-state index contributed by atoms with van der Waals surface area (Å²) in [6.45, 7) is 3.62. The van der Waals surface area contributed by atoms with Crippen LogP contribution in [0.15, 0.2) is 18.2 Å². The molecular formula is C20H26N2O2S. The third-order valence-electron chi connectivity index (χ3n) is 5.48. The third kappa shape index (κ3) is 3.44. The Balaban J connectivity index is 1.67. The molecule has 1 aliphatic carbocycles. The predicted octanol–water partition coefficient (Wildman–Crippen LogP) is 4.56. The van der Waals surface area contributed by atoms with E-state index in [0.717, 1.165) is 49.4 Å². The van der Waals surface area contributed by atoms with Crippen LogP contribution in [0.25, 0.3) is 10.2 Å². The first kappa shape index (κ1) is 17.0. The number of thiazole rings is 1. The van der Waals surface area contributed by atoms with Crippen LogP contribution in [-0.4, -0.2) is 30.1 Å². The van der Waals surface area contributed by atoms with Gasteiger partial charge < -0.3 is 4.74 Å². The van der Waals surface area contributed by atoms with Gasteiger partial charge in [0, 0.05) is 12.5 Å². The topological polar surface area (TPSA) is 42.4 Å². The van der Waals surface area contributed by atoms with Crippen molar-refractivity contribution in [3.05, 3.63) is 23.8 Å². The van der Waals surface area contributed by atoms with Gasteiger partial charge in [0.25, 0.3) is 0 Å². The van der Waals surface area contributed by atoms with E-state index in [9.17, 15) is 4.79 Å². The van der Waals surface area contributed by atoms with Gasteiger partial charge in [0.15, 0.2) is 5.13 Å². The SMILES string of the molecule is CCc1cccc2sc(N(C[C@H]3CCCO3)C(=O)C3CCCC3)nc12. The zero-order valence-corrected chi connectivity index (χ0v) is 15.7. The molecule has 4 rings (SSSR count). The first-order valence-corrected chi connectivity index (χ1v) is 10.4. The quantitative estimate of drug-likeness (QED) is 0.787. The fourth-order valence-electron chi connectivity index (χ4n) is 4.04. The van der Waals surface area contributed by atoms with Gasteiger partial charge in [-0.1, -0.05) is 43.2 Å². The number of carbonyl (C=O) groups excluding carboxylic acids is 1. The van der Waals surface area contributed by atoms with E-state index in [4.69, 9.17) is 9.72 Å². The minimum absolute atomic E-state index is 0.156. The smallest absolute Gasteiger partial charge is 0.231 e. The summed E-state index contributed by atoms with van der Waals surface area (Å²) < 4.78 is 6.99. The molecule has 1 aromatic carbocycles. The highest BCUT2D eigenvalue weighted by Crippen LogP contribution is 2.35. The number of carbonyl (C=O) groups is 1. The first-order chi connectivity index (χ1) is 12.3. The Morgan fingerprint density at radius 1 is 1.28 bits per heavy atom. The molecule has 0 N–H and O–H groups in total. The molecule has 0 unspecified atom stereocenters. The summed E-state index contributed by atoms with van der Waals surface area (Å²) in [5, 5.41) is 0.850. The summed E-state index contributed by atoms with van der Waals surface area (Å²) in [4.78, 5) is 20.0. The Hall–Kier alpha value is -1.46. The molecule has 2 aromatic rings. The summed E-state index contributed by atoms with van der Waals surface area (Å²) in [7, 11) is 0. The lowest BCUT2D eigenvalue weighted by Gasteiger charge is -2.25. The van der Waals surface area contributed by atoms with Crippen LogP contribution >= 0.6 is 11.3 Å². The number of para-hydroxylation sites is 1. The van der Waals surface area contributed by atoms with E-state index in [1.54, 1.807) is 11.3 Å².